The molecule has 3 heterocycles. The molecule has 11 heteroatoms. The minimum Gasteiger partial charge on any atom is -0.456 e. The fourth-order valence-electron chi connectivity index (χ4n) is 3.32. The fraction of sp³-hybridized carbons (Fsp3) is 0.350. The van der Waals surface area contributed by atoms with Gasteiger partial charge in [-0.15, -0.1) is 11.3 Å². The molecule has 1 fully saturated rings. The number of sulfonamides is 1. The fourth-order valence-corrected chi connectivity index (χ4v) is 5.68. The highest BCUT2D eigenvalue weighted by atomic mass is 32.2. The quantitative estimate of drug-likeness (QED) is 0.553. The van der Waals surface area contributed by atoms with E-state index in [1.807, 2.05) is 31.4 Å². The highest BCUT2D eigenvalue weighted by molar-refractivity contribution is 7.89. The predicted molar refractivity (Wildman–Crippen MR) is 112 cm³/mol. The maximum Gasteiger partial charge on any atom is 0.325 e. The number of nitrogens with zero attached hydrogens (tertiary/aromatic N) is 3. The number of benzene rings is 1. The molecule has 0 spiro atoms. The van der Waals surface area contributed by atoms with Gasteiger partial charge in [0.05, 0.1) is 15.9 Å². The van der Waals surface area contributed by atoms with Crippen LogP contribution in [-0.2, 0) is 26.2 Å². The first kappa shape index (κ1) is 21.6. The average molecular weight is 464 g/mol. The van der Waals surface area contributed by atoms with Crippen LogP contribution in [0.4, 0.5) is 0 Å². The Hall–Kier alpha value is -2.60. The van der Waals surface area contributed by atoms with Crippen molar-refractivity contribution in [3.8, 4) is 10.8 Å². The number of β-amino-alcohol motifs (C(OH)–C–C–N with tert-alkyl or cyclic N) is 1. The number of carbonyl (C=O) groups excluding carboxylic acids is 1. The molecule has 0 saturated carbocycles. The largest absolute Gasteiger partial charge is 0.456 e. The van der Waals surface area contributed by atoms with Crippen molar-refractivity contribution in [2.45, 2.75) is 43.9 Å². The van der Waals surface area contributed by atoms with Crippen LogP contribution in [0.25, 0.3) is 10.8 Å². The normalized spacial score (nSPS) is 19.6. The van der Waals surface area contributed by atoms with Crippen LogP contribution in [0, 0.1) is 13.8 Å². The van der Waals surface area contributed by atoms with E-state index in [1.54, 1.807) is 12.1 Å². The lowest BCUT2D eigenvalue weighted by Crippen LogP contribution is -2.41. The van der Waals surface area contributed by atoms with E-state index in [1.165, 1.54) is 17.4 Å². The van der Waals surface area contributed by atoms with Gasteiger partial charge in [-0.1, -0.05) is 17.3 Å². The second-order valence-electron chi connectivity index (χ2n) is 7.33. The molecule has 0 amide bonds. The lowest BCUT2D eigenvalue weighted by molar-refractivity contribution is -0.149. The second kappa shape index (κ2) is 8.50. The zero-order valence-corrected chi connectivity index (χ0v) is 18.5. The summed E-state index contributed by atoms with van der Waals surface area (Å²) in [6.45, 7) is 3.25. The molecule has 1 aliphatic heterocycles. The first-order valence-electron chi connectivity index (χ1n) is 9.56. The number of hydrogen-bond donors (Lipinski definition) is 1. The van der Waals surface area contributed by atoms with Crippen LogP contribution in [0.15, 0.2) is 45.1 Å². The van der Waals surface area contributed by atoms with Gasteiger partial charge in [-0.25, -0.2) is 8.42 Å². The van der Waals surface area contributed by atoms with Gasteiger partial charge in [0.15, 0.2) is 6.61 Å². The minimum atomic E-state index is -3.99. The van der Waals surface area contributed by atoms with Gasteiger partial charge in [0.2, 0.25) is 15.8 Å². The Morgan fingerprint density at radius 3 is 2.84 bits per heavy atom. The molecule has 1 aromatic carbocycles. The molecule has 0 aliphatic carbocycles. The summed E-state index contributed by atoms with van der Waals surface area (Å²) in [7, 11) is -3.99. The number of rotatable bonds is 6. The number of aryl methyl sites for hydroxylation is 2. The standard InChI is InChI=1S/C20H21N3O6S2/c1-12-5-6-15(8-13(12)2)31(26,27)23-10-14(24)9-16(23)20(25)28-11-18-21-19(29-22-18)17-4-3-7-30-17/h3-8,14,16,24H,9-11H2,1-2H3/t14?,16-/m0/s1. The van der Waals surface area contributed by atoms with Crippen molar-refractivity contribution in [3.05, 3.63) is 52.7 Å². The SMILES string of the molecule is Cc1ccc(S(=O)(=O)N2CC(O)C[C@H]2C(=O)OCc2noc(-c3cccs3)n2)cc1C. The van der Waals surface area contributed by atoms with Crippen LogP contribution in [0.3, 0.4) is 0 Å². The minimum absolute atomic E-state index is 0.0460. The molecular weight excluding hydrogens is 442 g/mol. The summed E-state index contributed by atoms with van der Waals surface area (Å²) in [6, 6.07) is 7.30. The first-order chi connectivity index (χ1) is 14.8. The van der Waals surface area contributed by atoms with Crippen LogP contribution in [0.2, 0.25) is 0 Å². The summed E-state index contributed by atoms with van der Waals surface area (Å²) < 4.78 is 37.7. The molecule has 4 rings (SSSR count). The van der Waals surface area contributed by atoms with Crippen molar-refractivity contribution in [2.75, 3.05) is 6.54 Å². The van der Waals surface area contributed by atoms with Crippen molar-refractivity contribution in [2.24, 2.45) is 0 Å². The van der Waals surface area contributed by atoms with Crippen molar-refractivity contribution < 1.29 is 27.6 Å². The highest BCUT2D eigenvalue weighted by Gasteiger charge is 2.44. The van der Waals surface area contributed by atoms with E-state index in [0.717, 1.165) is 20.3 Å². The molecule has 1 aliphatic rings. The van der Waals surface area contributed by atoms with Crippen molar-refractivity contribution in [1.29, 1.82) is 0 Å². The monoisotopic (exact) mass is 463 g/mol. The number of esters is 1. The maximum atomic E-state index is 13.1. The third-order valence-corrected chi connectivity index (χ3v) is 7.86. The molecule has 0 radical (unpaired) electrons. The summed E-state index contributed by atoms with van der Waals surface area (Å²) in [5, 5.41) is 15.7. The van der Waals surface area contributed by atoms with Gasteiger partial charge in [0, 0.05) is 13.0 Å². The smallest absolute Gasteiger partial charge is 0.325 e. The molecule has 1 saturated heterocycles. The molecule has 2 aromatic heterocycles. The number of aliphatic hydroxyl groups excluding tert-OH is 1. The lowest BCUT2D eigenvalue weighted by atomic mass is 10.1. The van der Waals surface area contributed by atoms with Crippen molar-refractivity contribution >= 4 is 27.3 Å². The van der Waals surface area contributed by atoms with Crippen LogP contribution in [-0.4, -0.2) is 52.6 Å². The number of thiophene rings is 1. The van der Waals surface area contributed by atoms with Crippen LogP contribution >= 0.6 is 11.3 Å². The Labute approximate surface area is 183 Å². The molecule has 3 aromatic rings. The van der Waals surface area contributed by atoms with Crippen molar-refractivity contribution in [1.82, 2.24) is 14.4 Å². The topological polar surface area (TPSA) is 123 Å². The van der Waals surface area contributed by atoms with Gasteiger partial charge >= 0.3 is 5.97 Å². The van der Waals surface area contributed by atoms with E-state index in [0.29, 0.717) is 5.89 Å². The molecular formula is C20H21N3O6S2. The van der Waals surface area contributed by atoms with E-state index >= 15 is 0 Å². The Bertz CT molecular complexity index is 1190. The third-order valence-electron chi connectivity index (χ3n) is 5.13. The summed E-state index contributed by atoms with van der Waals surface area (Å²) in [5.74, 6) is -0.290. The zero-order valence-electron chi connectivity index (χ0n) is 16.9. The van der Waals surface area contributed by atoms with E-state index in [4.69, 9.17) is 9.26 Å². The van der Waals surface area contributed by atoms with Crippen molar-refractivity contribution in [3.63, 3.8) is 0 Å². The highest BCUT2D eigenvalue weighted by Crippen LogP contribution is 2.28. The average Bonchev–Trinajstić information content (AvgIpc) is 3.48. The van der Waals surface area contributed by atoms with Gasteiger partial charge in [-0.05, 0) is 48.6 Å². The predicted octanol–water partition coefficient (Wildman–Crippen LogP) is 2.28. The number of carbonyl (C=O) groups is 1. The molecule has 164 valence electrons. The summed E-state index contributed by atoms with van der Waals surface area (Å²) >= 11 is 1.43. The number of ether oxygens (including phenoxy) is 1. The molecule has 31 heavy (non-hydrogen) atoms. The van der Waals surface area contributed by atoms with E-state index in [9.17, 15) is 18.3 Å². The Balaban J connectivity index is 1.48. The van der Waals surface area contributed by atoms with Crippen LogP contribution < -0.4 is 0 Å². The van der Waals surface area contributed by atoms with Gasteiger partial charge in [-0.3, -0.25) is 4.79 Å². The Morgan fingerprint density at radius 1 is 1.32 bits per heavy atom. The molecule has 0 bridgehead atoms. The van der Waals surface area contributed by atoms with Crippen LogP contribution in [0.5, 0.6) is 0 Å². The number of aromatic nitrogens is 2. The van der Waals surface area contributed by atoms with Gasteiger partial charge in [0.1, 0.15) is 6.04 Å². The van der Waals surface area contributed by atoms with Gasteiger partial charge in [0.25, 0.3) is 5.89 Å². The summed E-state index contributed by atoms with van der Waals surface area (Å²) in [4.78, 5) is 17.7. The van der Waals surface area contributed by atoms with E-state index in [-0.39, 0.29) is 30.3 Å². The number of hydrogen-bond acceptors (Lipinski definition) is 9. The molecule has 1 unspecified atom stereocenters. The Kier molecular flexibility index (Phi) is 5.93. The lowest BCUT2D eigenvalue weighted by Gasteiger charge is -2.22. The third kappa shape index (κ3) is 4.40. The first-order valence-corrected chi connectivity index (χ1v) is 11.9. The molecule has 2 atom stereocenters. The van der Waals surface area contributed by atoms with E-state index in [2.05, 4.69) is 10.1 Å². The van der Waals surface area contributed by atoms with Gasteiger partial charge < -0.3 is 14.4 Å². The molecule has 1 N–H and O–H groups in total. The Morgan fingerprint density at radius 2 is 2.13 bits per heavy atom. The number of aliphatic hydroxyl groups is 1. The zero-order chi connectivity index (χ0) is 22.2. The summed E-state index contributed by atoms with van der Waals surface area (Å²) in [5.41, 5.74) is 1.77. The summed E-state index contributed by atoms with van der Waals surface area (Å²) in [6.07, 6.45) is -1.01. The maximum absolute atomic E-state index is 13.1. The van der Waals surface area contributed by atoms with Gasteiger partial charge in [-0.2, -0.15) is 9.29 Å². The van der Waals surface area contributed by atoms with E-state index < -0.39 is 28.1 Å². The van der Waals surface area contributed by atoms with Crippen LogP contribution in [0.1, 0.15) is 23.4 Å². The molecule has 9 nitrogen and oxygen atoms in total. The second-order valence-corrected chi connectivity index (χ2v) is 10.2.